The molecule has 0 aliphatic rings. The molecular weight excluding hydrogens is 248 g/mol. The largest absolute Gasteiger partial charge is 0.395 e. The smallest absolute Gasteiger partial charge is 0.255 e. The summed E-state index contributed by atoms with van der Waals surface area (Å²) in [7, 11) is 0. The molecule has 3 N–H and O–H groups in total. The minimum atomic E-state index is -2.50. The van der Waals surface area contributed by atoms with E-state index in [2.05, 4.69) is 4.98 Å². The van der Waals surface area contributed by atoms with Gasteiger partial charge in [-0.05, 0) is 12.1 Å². The quantitative estimate of drug-likeness (QED) is 0.741. The van der Waals surface area contributed by atoms with Gasteiger partial charge in [0.1, 0.15) is 10.8 Å². The molecule has 0 fully saturated rings. The zero-order valence-electron chi connectivity index (χ0n) is 9.01. The van der Waals surface area contributed by atoms with E-state index in [1.54, 1.807) is 18.2 Å². The van der Waals surface area contributed by atoms with Crippen molar-refractivity contribution in [2.24, 2.45) is 5.73 Å². The van der Waals surface area contributed by atoms with Crippen LogP contribution in [0.25, 0.3) is 0 Å². The van der Waals surface area contributed by atoms with E-state index in [1.807, 2.05) is 0 Å². The topological polar surface area (TPSA) is 62.4 Å². The zero-order chi connectivity index (χ0) is 12.8. The van der Waals surface area contributed by atoms with Crippen molar-refractivity contribution in [3.63, 3.8) is 0 Å². The third-order valence-corrected chi connectivity index (χ3v) is 2.25. The first-order chi connectivity index (χ1) is 8.04. The Labute approximate surface area is 103 Å². The molecular formula is C10H13F2N3OS. The molecule has 17 heavy (non-hydrogen) atoms. The van der Waals surface area contributed by atoms with Crippen LogP contribution >= 0.6 is 12.2 Å². The molecule has 0 spiro atoms. The number of halogens is 2. The maximum Gasteiger partial charge on any atom is 0.255 e. The predicted octanol–water partition coefficient (Wildman–Crippen LogP) is 0.780. The fraction of sp³-hybridized carbons (Fsp3) is 0.400. The number of pyridine rings is 1. The lowest BCUT2D eigenvalue weighted by Crippen LogP contribution is -2.32. The third-order valence-electron chi connectivity index (χ3n) is 2.04. The van der Waals surface area contributed by atoms with Gasteiger partial charge in [0, 0.05) is 6.54 Å². The van der Waals surface area contributed by atoms with E-state index in [9.17, 15) is 8.78 Å². The van der Waals surface area contributed by atoms with E-state index in [0.29, 0.717) is 11.5 Å². The number of aliphatic hydroxyl groups is 1. The van der Waals surface area contributed by atoms with Crippen molar-refractivity contribution in [1.82, 2.24) is 4.98 Å². The van der Waals surface area contributed by atoms with Gasteiger partial charge < -0.3 is 15.7 Å². The average Bonchev–Trinajstić information content (AvgIpc) is 2.28. The van der Waals surface area contributed by atoms with Crippen molar-refractivity contribution < 1.29 is 13.9 Å². The molecule has 0 aromatic carbocycles. The van der Waals surface area contributed by atoms with Crippen LogP contribution in [-0.2, 0) is 0 Å². The second-order valence-corrected chi connectivity index (χ2v) is 3.75. The molecule has 0 unspecified atom stereocenters. The molecule has 0 aliphatic heterocycles. The molecule has 0 aliphatic carbocycles. The summed E-state index contributed by atoms with van der Waals surface area (Å²) in [5, 5.41) is 8.82. The fourth-order valence-electron chi connectivity index (χ4n) is 1.32. The molecule has 94 valence electrons. The molecule has 0 saturated carbocycles. The number of alkyl halides is 2. The molecule has 7 heteroatoms. The summed E-state index contributed by atoms with van der Waals surface area (Å²) in [6, 6.07) is 4.80. The van der Waals surface area contributed by atoms with Gasteiger partial charge in [-0.2, -0.15) is 0 Å². The van der Waals surface area contributed by atoms with Crippen molar-refractivity contribution in [3.8, 4) is 0 Å². The normalized spacial score (nSPS) is 10.6. The molecule has 4 nitrogen and oxygen atoms in total. The Morgan fingerprint density at radius 1 is 1.53 bits per heavy atom. The number of anilines is 1. The summed E-state index contributed by atoms with van der Waals surface area (Å²) >= 11 is 4.76. The molecule has 1 aromatic heterocycles. The van der Waals surface area contributed by atoms with Crippen molar-refractivity contribution >= 4 is 23.0 Å². The SMILES string of the molecule is NC(=S)c1cccc(N(CCO)CC(F)F)n1. The summed E-state index contributed by atoms with van der Waals surface area (Å²) in [6.07, 6.45) is -2.50. The Kier molecular flexibility index (Phi) is 5.17. The van der Waals surface area contributed by atoms with Gasteiger partial charge in [0.05, 0.1) is 18.8 Å². The fourth-order valence-corrected chi connectivity index (χ4v) is 1.44. The summed E-state index contributed by atoms with van der Waals surface area (Å²) < 4.78 is 24.7. The van der Waals surface area contributed by atoms with Crippen LogP contribution in [0.1, 0.15) is 5.69 Å². The van der Waals surface area contributed by atoms with Crippen LogP contribution in [-0.4, -0.2) is 41.2 Å². The van der Waals surface area contributed by atoms with E-state index in [4.69, 9.17) is 23.1 Å². The highest BCUT2D eigenvalue weighted by molar-refractivity contribution is 7.80. The van der Waals surface area contributed by atoms with E-state index < -0.39 is 13.0 Å². The van der Waals surface area contributed by atoms with E-state index >= 15 is 0 Å². The lowest BCUT2D eigenvalue weighted by Gasteiger charge is -2.22. The van der Waals surface area contributed by atoms with Gasteiger partial charge in [0.25, 0.3) is 6.43 Å². The Bertz CT molecular complexity index is 390. The predicted molar refractivity (Wildman–Crippen MR) is 65.4 cm³/mol. The third kappa shape index (κ3) is 4.20. The average molecular weight is 261 g/mol. The molecule has 0 radical (unpaired) electrons. The highest BCUT2D eigenvalue weighted by Gasteiger charge is 2.14. The van der Waals surface area contributed by atoms with Crippen LogP contribution in [0.3, 0.4) is 0 Å². The van der Waals surface area contributed by atoms with Gasteiger partial charge in [-0.25, -0.2) is 13.8 Å². The van der Waals surface area contributed by atoms with Crippen molar-refractivity contribution in [1.29, 1.82) is 0 Å². The first kappa shape index (κ1) is 13.7. The summed E-state index contributed by atoms with van der Waals surface area (Å²) in [6.45, 7) is -0.641. The van der Waals surface area contributed by atoms with Gasteiger partial charge in [0.15, 0.2) is 0 Å². The lowest BCUT2D eigenvalue weighted by molar-refractivity contribution is 0.152. The molecule has 1 rings (SSSR count). The van der Waals surface area contributed by atoms with E-state index in [1.165, 1.54) is 4.90 Å². The number of nitrogens with two attached hydrogens (primary N) is 1. The van der Waals surface area contributed by atoms with Crippen LogP contribution in [0.2, 0.25) is 0 Å². The van der Waals surface area contributed by atoms with Crippen LogP contribution < -0.4 is 10.6 Å². The van der Waals surface area contributed by atoms with Crippen molar-refractivity contribution in [2.45, 2.75) is 6.43 Å². The number of hydrogen-bond donors (Lipinski definition) is 2. The maximum absolute atomic E-state index is 12.4. The summed E-state index contributed by atoms with van der Waals surface area (Å²) in [5.41, 5.74) is 5.78. The van der Waals surface area contributed by atoms with Gasteiger partial charge in [-0.15, -0.1) is 0 Å². The Balaban J connectivity index is 2.92. The number of rotatable bonds is 6. The Hall–Kier alpha value is -1.34. The molecule has 0 amide bonds. The highest BCUT2D eigenvalue weighted by Crippen LogP contribution is 2.13. The van der Waals surface area contributed by atoms with Gasteiger partial charge in [0.2, 0.25) is 0 Å². The number of aliphatic hydroxyl groups excluding tert-OH is 1. The monoisotopic (exact) mass is 261 g/mol. The maximum atomic E-state index is 12.4. The highest BCUT2D eigenvalue weighted by atomic mass is 32.1. The van der Waals surface area contributed by atoms with Crippen LogP contribution in [0, 0.1) is 0 Å². The number of hydrogen-bond acceptors (Lipinski definition) is 4. The molecule has 1 aromatic rings. The Morgan fingerprint density at radius 2 is 2.24 bits per heavy atom. The number of aromatic nitrogens is 1. The lowest BCUT2D eigenvalue weighted by atomic mass is 10.3. The summed E-state index contributed by atoms with van der Waals surface area (Å²) in [5.74, 6) is 0.324. The minimum Gasteiger partial charge on any atom is -0.395 e. The molecule has 0 atom stereocenters. The second kappa shape index (κ2) is 6.41. The molecule has 0 bridgehead atoms. The van der Waals surface area contributed by atoms with E-state index in [0.717, 1.165) is 0 Å². The van der Waals surface area contributed by atoms with Crippen molar-refractivity contribution in [2.75, 3.05) is 24.6 Å². The second-order valence-electron chi connectivity index (χ2n) is 3.31. The Morgan fingerprint density at radius 3 is 2.76 bits per heavy atom. The van der Waals surface area contributed by atoms with Crippen LogP contribution in [0.4, 0.5) is 14.6 Å². The van der Waals surface area contributed by atoms with Crippen LogP contribution in [0.5, 0.6) is 0 Å². The zero-order valence-corrected chi connectivity index (χ0v) is 9.83. The van der Waals surface area contributed by atoms with Crippen LogP contribution in [0.15, 0.2) is 18.2 Å². The van der Waals surface area contributed by atoms with E-state index in [-0.39, 0.29) is 18.1 Å². The summed E-state index contributed by atoms with van der Waals surface area (Å²) in [4.78, 5) is 5.45. The number of nitrogens with zero attached hydrogens (tertiary/aromatic N) is 2. The first-order valence-corrected chi connectivity index (χ1v) is 5.36. The van der Waals surface area contributed by atoms with Gasteiger partial charge in [-0.1, -0.05) is 18.3 Å². The molecule has 0 saturated heterocycles. The van der Waals surface area contributed by atoms with Gasteiger partial charge in [-0.3, -0.25) is 0 Å². The molecule has 1 heterocycles. The minimum absolute atomic E-state index is 0.0815. The van der Waals surface area contributed by atoms with Gasteiger partial charge >= 0.3 is 0 Å². The first-order valence-electron chi connectivity index (χ1n) is 4.95. The number of thiocarbonyl (C=S) groups is 1. The van der Waals surface area contributed by atoms with Crippen molar-refractivity contribution in [3.05, 3.63) is 23.9 Å². The standard InChI is InChI=1S/C10H13F2N3OS/c11-8(12)6-15(4-5-16)9-3-1-2-7(14-9)10(13)17/h1-3,8,16H,4-6H2,(H2,13,17).